The molecule has 112 valence electrons. The zero-order valence-electron chi connectivity index (χ0n) is 11.6. The lowest BCUT2D eigenvalue weighted by Gasteiger charge is -2.28. The van der Waals surface area contributed by atoms with Gasteiger partial charge in [0.15, 0.2) is 0 Å². The molecular formula is C14H17FN4OS. The number of halogens is 1. The van der Waals surface area contributed by atoms with Crippen molar-refractivity contribution in [1.29, 1.82) is 0 Å². The van der Waals surface area contributed by atoms with E-state index in [-0.39, 0.29) is 12.4 Å². The van der Waals surface area contributed by atoms with Crippen molar-refractivity contribution in [2.45, 2.75) is 6.42 Å². The van der Waals surface area contributed by atoms with Gasteiger partial charge in [-0.1, -0.05) is 5.21 Å². The van der Waals surface area contributed by atoms with Gasteiger partial charge in [0.1, 0.15) is 5.82 Å². The summed E-state index contributed by atoms with van der Waals surface area (Å²) in [6, 6.07) is 5.13. The first-order valence-corrected chi connectivity index (χ1v) is 8.08. The summed E-state index contributed by atoms with van der Waals surface area (Å²) in [6.07, 6.45) is 2.16. The number of aliphatic hydroxyl groups is 1. The van der Waals surface area contributed by atoms with Gasteiger partial charge in [-0.15, -0.1) is 5.10 Å². The van der Waals surface area contributed by atoms with Crippen LogP contribution in [-0.2, 0) is 6.42 Å². The lowest BCUT2D eigenvalue weighted by Crippen LogP contribution is -2.33. The van der Waals surface area contributed by atoms with E-state index in [4.69, 9.17) is 5.11 Å². The van der Waals surface area contributed by atoms with Crippen molar-refractivity contribution >= 4 is 17.4 Å². The van der Waals surface area contributed by atoms with Crippen LogP contribution in [0.25, 0.3) is 5.69 Å². The second kappa shape index (κ2) is 6.44. The van der Waals surface area contributed by atoms with E-state index in [9.17, 15) is 4.39 Å². The first kappa shape index (κ1) is 14.3. The summed E-state index contributed by atoms with van der Waals surface area (Å²) in [6.45, 7) is 1.79. The Morgan fingerprint density at radius 1 is 1.29 bits per heavy atom. The van der Waals surface area contributed by atoms with Gasteiger partial charge >= 0.3 is 0 Å². The highest BCUT2D eigenvalue weighted by Crippen LogP contribution is 2.24. The van der Waals surface area contributed by atoms with E-state index >= 15 is 0 Å². The monoisotopic (exact) mass is 308 g/mol. The molecule has 21 heavy (non-hydrogen) atoms. The largest absolute Gasteiger partial charge is 0.396 e. The predicted octanol–water partition coefficient (Wildman–Crippen LogP) is 1.49. The average molecular weight is 308 g/mol. The van der Waals surface area contributed by atoms with E-state index in [0.717, 1.165) is 24.6 Å². The summed E-state index contributed by atoms with van der Waals surface area (Å²) >= 11 is 1.90. The van der Waals surface area contributed by atoms with Crippen LogP contribution in [0.15, 0.2) is 24.4 Å². The number of aromatic nitrogens is 3. The van der Waals surface area contributed by atoms with Gasteiger partial charge in [-0.05, 0) is 12.1 Å². The molecular weight excluding hydrogens is 291 g/mol. The highest BCUT2D eigenvalue weighted by atomic mass is 32.2. The van der Waals surface area contributed by atoms with E-state index in [1.54, 1.807) is 12.3 Å². The number of nitrogens with zero attached hydrogens (tertiary/aromatic N) is 4. The van der Waals surface area contributed by atoms with Gasteiger partial charge in [0.2, 0.25) is 0 Å². The molecule has 1 fully saturated rings. The molecule has 1 aliphatic rings. The number of anilines is 1. The van der Waals surface area contributed by atoms with Crippen molar-refractivity contribution in [2.24, 2.45) is 0 Å². The smallest absolute Gasteiger partial charge is 0.148 e. The fourth-order valence-corrected chi connectivity index (χ4v) is 3.26. The number of hydrogen-bond donors (Lipinski definition) is 1. The fraction of sp³-hybridized carbons (Fsp3) is 0.429. The van der Waals surface area contributed by atoms with Gasteiger partial charge in [0.25, 0.3) is 0 Å². The number of benzene rings is 1. The zero-order valence-corrected chi connectivity index (χ0v) is 12.4. The highest BCUT2D eigenvalue weighted by molar-refractivity contribution is 7.99. The Morgan fingerprint density at radius 2 is 2.10 bits per heavy atom. The van der Waals surface area contributed by atoms with Crippen LogP contribution in [0.3, 0.4) is 0 Å². The van der Waals surface area contributed by atoms with Crippen LogP contribution in [0.1, 0.15) is 5.69 Å². The number of aliphatic hydroxyl groups excluding tert-OH is 1. The average Bonchev–Trinajstić information content (AvgIpc) is 2.97. The summed E-state index contributed by atoms with van der Waals surface area (Å²) in [5.74, 6) is 1.84. The summed E-state index contributed by atoms with van der Waals surface area (Å²) in [5.41, 5.74) is 1.98. The van der Waals surface area contributed by atoms with E-state index in [2.05, 4.69) is 15.2 Å². The maximum atomic E-state index is 14.3. The van der Waals surface area contributed by atoms with Crippen molar-refractivity contribution < 1.29 is 9.50 Å². The van der Waals surface area contributed by atoms with E-state index < -0.39 is 0 Å². The van der Waals surface area contributed by atoms with Crippen LogP contribution in [-0.4, -0.2) is 51.3 Å². The molecule has 1 N–H and O–H groups in total. The Morgan fingerprint density at radius 3 is 2.81 bits per heavy atom. The van der Waals surface area contributed by atoms with Crippen LogP contribution < -0.4 is 4.90 Å². The Labute approximate surface area is 126 Å². The first-order valence-electron chi connectivity index (χ1n) is 6.92. The molecule has 0 unspecified atom stereocenters. The molecule has 0 aliphatic carbocycles. The second-order valence-electron chi connectivity index (χ2n) is 4.86. The standard InChI is InChI=1S/C14H17FN4OS/c15-13-9-12(19-10-11(3-6-20)16-17-19)1-2-14(13)18-4-7-21-8-5-18/h1-2,9-10,20H,3-8H2. The lowest BCUT2D eigenvalue weighted by atomic mass is 10.2. The molecule has 7 heteroatoms. The van der Waals surface area contributed by atoms with Crippen LogP contribution >= 0.6 is 11.8 Å². The second-order valence-corrected chi connectivity index (χ2v) is 6.09. The molecule has 3 rings (SSSR count). The van der Waals surface area contributed by atoms with Gasteiger partial charge in [-0.25, -0.2) is 9.07 Å². The Hall–Kier alpha value is -1.60. The molecule has 0 bridgehead atoms. The SMILES string of the molecule is OCCc1cn(-c2ccc(N3CCSCC3)c(F)c2)nn1. The topological polar surface area (TPSA) is 54.2 Å². The molecule has 1 saturated heterocycles. The van der Waals surface area contributed by atoms with Crippen molar-refractivity contribution in [3.05, 3.63) is 35.9 Å². The minimum absolute atomic E-state index is 0.0268. The van der Waals surface area contributed by atoms with Gasteiger partial charge in [0, 0.05) is 43.7 Å². The molecule has 2 aromatic rings. The van der Waals surface area contributed by atoms with E-state index in [1.165, 1.54) is 10.7 Å². The van der Waals surface area contributed by atoms with Crippen molar-refractivity contribution in [2.75, 3.05) is 36.1 Å². The minimum Gasteiger partial charge on any atom is -0.396 e. The molecule has 1 aromatic heterocycles. The molecule has 2 heterocycles. The Bertz CT molecular complexity index is 613. The fourth-order valence-electron chi connectivity index (χ4n) is 2.35. The Kier molecular flexibility index (Phi) is 4.40. The lowest BCUT2D eigenvalue weighted by molar-refractivity contribution is 0.298. The number of thioether (sulfide) groups is 1. The summed E-state index contributed by atoms with van der Waals surface area (Å²) in [4.78, 5) is 2.08. The molecule has 5 nitrogen and oxygen atoms in total. The molecule has 0 spiro atoms. The minimum atomic E-state index is -0.237. The van der Waals surface area contributed by atoms with Crippen molar-refractivity contribution in [3.8, 4) is 5.69 Å². The highest BCUT2D eigenvalue weighted by Gasteiger charge is 2.15. The van der Waals surface area contributed by atoms with Crippen LogP contribution in [0.4, 0.5) is 10.1 Å². The molecule has 0 radical (unpaired) electrons. The van der Waals surface area contributed by atoms with Gasteiger partial charge < -0.3 is 10.0 Å². The quantitative estimate of drug-likeness (QED) is 0.927. The normalized spacial score (nSPS) is 15.4. The maximum absolute atomic E-state index is 14.3. The van der Waals surface area contributed by atoms with Gasteiger partial charge in [0.05, 0.1) is 23.3 Å². The van der Waals surface area contributed by atoms with Crippen LogP contribution in [0.2, 0.25) is 0 Å². The summed E-state index contributed by atoms with van der Waals surface area (Å²) in [5, 5.41) is 16.8. The molecule has 0 saturated carbocycles. The van der Waals surface area contributed by atoms with Crippen molar-refractivity contribution in [1.82, 2.24) is 15.0 Å². The molecule has 0 atom stereocenters. The molecule has 1 aromatic carbocycles. The third-order valence-corrected chi connectivity index (χ3v) is 4.40. The van der Waals surface area contributed by atoms with E-state index in [1.807, 2.05) is 17.8 Å². The predicted molar refractivity (Wildman–Crippen MR) is 81.6 cm³/mol. The Balaban J connectivity index is 1.82. The third kappa shape index (κ3) is 3.19. The maximum Gasteiger partial charge on any atom is 0.148 e. The van der Waals surface area contributed by atoms with Gasteiger partial charge in [-0.3, -0.25) is 0 Å². The third-order valence-electron chi connectivity index (χ3n) is 3.46. The zero-order chi connectivity index (χ0) is 14.7. The van der Waals surface area contributed by atoms with Gasteiger partial charge in [-0.2, -0.15) is 11.8 Å². The van der Waals surface area contributed by atoms with Crippen LogP contribution in [0.5, 0.6) is 0 Å². The summed E-state index contributed by atoms with van der Waals surface area (Å²) in [7, 11) is 0. The molecule has 0 amide bonds. The number of hydrogen-bond acceptors (Lipinski definition) is 5. The van der Waals surface area contributed by atoms with Crippen molar-refractivity contribution in [3.63, 3.8) is 0 Å². The summed E-state index contributed by atoms with van der Waals surface area (Å²) < 4.78 is 15.9. The first-order chi connectivity index (χ1) is 10.3. The molecule has 1 aliphatic heterocycles. The van der Waals surface area contributed by atoms with Crippen LogP contribution in [0, 0.1) is 5.82 Å². The number of rotatable bonds is 4. The van der Waals surface area contributed by atoms with E-state index in [0.29, 0.717) is 23.5 Å².